The minimum absolute atomic E-state index is 0.0272. The fourth-order valence-corrected chi connectivity index (χ4v) is 8.57. The maximum Gasteiger partial charge on any atom is 0.252 e. The Morgan fingerprint density at radius 2 is 0.618 bits per heavy atom. The number of carbonyl (C=O) groups excluding carboxylic acids is 9. The van der Waals surface area contributed by atoms with Crippen LogP contribution in [0.25, 0.3) is 0 Å². The molecule has 3 rings (SSSR count). The van der Waals surface area contributed by atoms with E-state index in [1.54, 1.807) is 72.8 Å². The van der Waals surface area contributed by atoms with Crippen molar-refractivity contribution in [1.29, 1.82) is 0 Å². The second-order valence-electron chi connectivity index (χ2n) is 19.3. The first-order valence-electron chi connectivity index (χ1n) is 26.2. The van der Waals surface area contributed by atoms with Gasteiger partial charge in [-0.1, -0.05) is 36.4 Å². The molecular weight excluding hydrogens is 973 g/mol. The summed E-state index contributed by atoms with van der Waals surface area (Å²) in [5.41, 5.74) is 34.7. The van der Waals surface area contributed by atoms with Crippen LogP contribution < -0.4 is 66.3 Å². The van der Waals surface area contributed by atoms with E-state index in [0.717, 1.165) is 16.7 Å². The number of rotatable bonds is 36. The molecule has 76 heavy (non-hydrogen) atoms. The second-order valence-corrected chi connectivity index (χ2v) is 19.3. The van der Waals surface area contributed by atoms with Crippen LogP contribution in [0.2, 0.25) is 0 Å². The van der Waals surface area contributed by atoms with E-state index in [9.17, 15) is 43.2 Å². The lowest BCUT2D eigenvalue weighted by molar-refractivity contribution is -0.135. The standard InChI is InChI=1S/C55H82N12O9/c1-37(68)62-34-10-13-46(71)53(59,28-4-7-31-56)50(74)65-43-22-16-40(17-23-43)49(41-18-24-44(25-19-41)66-51(75)54(60,29-5-8-32-57)47(72)14-11-35-63-38(2)69)42-20-26-45(27-21-42)67-52(76)55(61,30-6-9-33-58)48(73)15-12-36-64-39(3)70/h16-27,49H,4-15,28-36,56-61H2,1-3H3,(H,62,68)(H,63,69)(H,64,70)(H,65,74)(H,66,75)(H,67,76)/t53-,54-,55-/m0/s1. The van der Waals surface area contributed by atoms with E-state index in [4.69, 9.17) is 34.4 Å². The average Bonchev–Trinajstić information content (AvgIpc) is 3.38. The molecule has 18 N–H and O–H groups in total. The van der Waals surface area contributed by atoms with Gasteiger partial charge in [0.2, 0.25) is 17.7 Å². The van der Waals surface area contributed by atoms with Crippen LogP contribution in [0.1, 0.15) is 140 Å². The van der Waals surface area contributed by atoms with Gasteiger partial charge in [0, 0.05) is 82.6 Å². The summed E-state index contributed by atoms with van der Waals surface area (Å²) in [6.07, 6.45) is 3.98. The van der Waals surface area contributed by atoms with Crippen LogP contribution in [0.15, 0.2) is 72.8 Å². The summed E-state index contributed by atoms with van der Waals surface area (Å²) in [7, 11) is 0. The van der Waals surface area contributed by atoms with Crippen molar-refractivity contribution in [1.82, 2.24) is 16.0 Å². The quantitative estimate of drug-likeness (QED) is 0.0226. The summed E-state index contributed by atoms with van der Waals surface area (Å²) in [4.78, 5) is 116. The molecule has 0 aliphatic carbocycles. The van der Waals surface area contributed by atoms with Crippen LogP contribution >= 0.6 is 0 Å². The predicted molar refractivity (Wildman–Crippen MR) is 294 cm³/mol. The topological polar surface area (TPSA) is 382 Å². The molecule has 0 bridgehead atoms. The predicted octanol–water partition coefficient (Wildman–Crippen LogP) is 2.62. The number of anilines is 3. The third kappa shape index (κ3) is 19.7. The first-order valence-corrected chi connectivity index (χ1v) is 26.2. The van der Waals surface area contributed by atoms with Crippen molar-refractivity contribution in [3.63, 3.8) is 0 Å². The summed E-state index contributed by atoms with van der Waals surface area (Å²) in [6.45, 7) is 5.94. The second kappa shape index (κ2) is 32.0. The third-order valence-electron chi connectivity index (χ3n) is 13.2. The van der Waals surface area contributed by atoms with Gasteiger partial charge in [-0.3, -0.25) is 43.2 Å². The third-order valence-corrected chi connectivity index (χ3v) is 13.2. The fourth-order valence-electron chi connectivity index (χ4n) is 8.57. The Labute approximate surface area is 446 Å². The lowest BCUT2D eigenvalue weighted by Gasteiger charge is -2.28. The molecule has 416 valence electrons. The Morgan fingerprint density at radius 1 is 0.382 bits per heavy atom. The van der Waals surface area contributed by atoms with Gasteiger partial charge in [0.25, 0.3) is 17.7 Å². The van der Waals surface area contributed by atoms with Gasteiger partial charge in [0.05, 0.1) is 0 Å². The highest BCUT2D eigenvalue weighted by Crippen LogP contribution is 2.35. The number of benzene rings is 3. The van der Waals surface area contributed by atoms with Crippen molar-refractivity contribution in [3.05, 3.63) is 89.5 Å². The Balaban J connectivity index is 2.02. The molecular formula is C55H82N12O9. The van der Waals surface area contributed by atoms with Gasteiger partial charge < -0.3 is 66.3 Å². The molecule has 0 heterocycles. The molecule has 0 saturated carbocycles. The van der Waals surface area contributed by atoms with Crippen LogP contribution in [-0.4, -0.2) is 109 Å². The van der Waals surface area contributed by atoms with E-state index in [1.165, 1.54) is 20.8 Å². The van der Waals surface area contributed by atoms with E-state index < -0.39 is 57.6 Å². The Morgan fingerprint density at radius 3 is 0.829 bits per heavy atom. The highest BCUT2D eigenvalue weighted by Gasteiger charge is 2.43. The largest absolute Gasteiger partial charge is 0.356 e. The van der Waals surface area contributed by atoms with Crippen LogP contribution in [0.5, 0.6) is 0 Å². The minimum Gasteiger partial charge on any atom is -0.356 e. The van der Waals surface area contributed by atoms with Crippen molar-refractivity contribution in [2.75, 3.05) is 55.2 Å². The molecule has 0 aromatic heterocycles. The van der Waals surface area contributed by atoms with Gasteiger partial charge in [-0.15, -0.1) is 0 Å². The summed E-state index contributed by atoms with van der Waals surface area (Å²) in [5.74, 6) is -4.67. The van der Waals surface area contributed by atoms with Crippen LogP contribution in [0.3, 0.4) is 0 Å². The number of Topliss-reactive ketones (excluding diaryl/α,β-unsaturated/α-hetero) is 3. The SMILES string of the molecule is CC(=O)NCCCC(=O)[C@@](N)(CCCCN)C(=O)Nc1ccc(C(c2ccc(NC(=O)[C@](N)(CCCCN)C(=O)CCCNC(C)=O)cc2)c2ccc(NC(=O)[C@](N)(CCCCN)C(=O)CCCNC(C)=O)cc2)cc1. The number of hydrogen-bond acceptors (Lipinski definition) is 15. The van der Waals surface area contributed by atoms with E-state index in [2.05, 4.69) is 31.9 Å². The highest BCUT2D eigenvalue weighted by atomic mass is 16.2. The molecule has 0 spiro atoms. The van der Waals surface area contributed by atoms with Gasteiger partial charge >= 0.3 is 0 Å². The van der Waals surface area contributed by atoms with Crippen LogP contribution in [0, 0.1) is 0 Å². The molecule has 0 saturated heterocycles. The van der Waals surface area contributed by atoms with Crippen molar-refractivity contribution >= 4 is 69.9 Å². The van der Waals surface area contributed by atoms with Gasteiger partial charge in [-0.05, 0) is 150 Å². The molecule has 0 radical (unpaired) electrons. The monoisotopic (exact) mass is 1050 g/mol. The van der Waals surface area contributed by atoms with Crippen molar-refractivity contribution in [2.45, 2.75) is 140 Å². The molecule has 21 nitrogen and oxygen atoms in total. The number of amides is 6. The molecule has 0 unspecified atom stereocenters. The van der Waals surface area contributed by atoms with Gasteiger partial charge in [-0.25, -0.2) is 0 Å². The fraction of sp³-hybridized carbons (Fsp3) is 0.509. The molecule has 3 aromatic carbocycles. The van der Waals surface area contributed by atoms with Crippen LogP contribution in [0.4, 0.5) is 17.1 Å². The van der Waals surface area contributed by atoms with E-state index in [1.807, 2.05) is 0 Å². The van der Waals surface area contributed by atoms with E-state index in [-0.39, 0.29) is 75.9 Å². The number of hydrogen-bond donors (Lipinski definition) is 12. The maximum absolute atomic E-state index is 13.9. The molecule has 0 fully saturated rings. The lowest BCUT2D eigenvalue weighted by Crippen LogP contribution is -2.57. The van der Waals surface area contributed by atoms with Crippen molar-refractivity contribution in [2.24, 2.45) is 34.4 Å². The van der Waals surface area contributed by atoms with Gasteiger partial charge in [0.15, 0.2) is 34.0 Å². The van der Waals surface area contributed by atoms with Crippen molar-refractivity contribution < 1.29 is 43.2 Å². The zero-order valence-electron chi connectivity index (χ0n) is 44.5. The Hall–Kier alpha value is -6.75. The Kier molecular flexibility index (Phi) is 26.7. The number of nitrogens with one attached hydrogen (secondary N) is 6. The zero-order chi connectivity index (χ0) is 56.3. The zero-order valence-corrected chi connectivity index (χ0v) is 44.5. The van der Waals surface area contributed by atoms with Crippen molar-refractivity contribution in [3.8, 4) is 0 Å². The number of ketones is 3. The lowest BCUT2D eigenvalue weighted by atomic mass is 9.84. The smallest absolute Gasteiger partial charge is 0.252 e. The minimum atomic E-state index is -1.86. The molecule has 3 atom stereocenters. The highest BCUT2D eigenvalue weighted by molar-refractivity contribution is 6.16. The molecule has 3 aromatic rings. The van der Waals surface area contributed by atoms with E-state index in [0.29, 0.717) is 94.5 Å². The molecule has 0 aliphatic heterocycles. The Bertz CT molecular complexity index is 2150. The van der Waals surface area contributed by atoms with Gasteiger partial charge in [0.1, 0.15) is 0 Å². The summed E-state index contributed by atoms with van der Waals surface area (Å²) >= 11 is 0. The van der Waals surface area contributed by atoms with Crippen LogP contribution in [-0.2, 0) is 43.2 Å². The molecule has 0 aliphatic rings. The van der Waals surface area contributed by atoms with Gasteiger partial charge in [-0.2, -0.15) is 0 Å². The summed E-state index contributed by atoms with van der Waals surface area (Å²) < 4.78 is 0. The average molecular weight is 1060 g/mol. The number of carbonyl (C=O) groups is 9. The molecule has 6 amide bonds. The maximum atomic E-state index is 13.9. The van der Waals surface area contributed by atoms with E-state index >= 15 is 0 Å². The summed E-state index contributed by atoms with van der Waals surface area (Å²) in [5, 5.41) is 16.4. The first-order chi connectivity index (χ1) is 36.1. The normalized spacial score (nSPS) is 13.5. The summed E-state index contributed by atoms with van der Waals surface area (Å²) in [6, 6.07) is 20.9. The number of unbranched alkanes of at least 4 members (excludes halogenated alkanes) is 3. The molecule has 21 heteroatoms. The first kappa shape index (κ1) is 63.5. The number of nitrogens with two attached hydrogens (primary N) is 6.